The van der Waals surface area contributed by atoms with Gasteiger partial charge in [0.15, 0.2) is 0 Å². The largest absolute Gasteiger partial charge is 0.497 e. The zero-order valence-corrected chi connectivity index (χ0v) is 16.3. The van der Waals surface area contributed by atoms with E-state index in [1.807, 2.05) is 29.2 Å². The maximum atomic E-state index is 12.7. The first-order valence-electron chi connectivity index (χ1n) is 9.99. The average molecular weight is 385 g/mol. The number of aromatic nitrogens is 3. The molecule has 1 fully saturated rings. The van der Waals surface area contributed by atoms with E-state index in [9.17, 15) is 9.59 Å². The molecule has 0 saturated carbocycles. The van der Waals surface area contributed by atoms with Crippen LogP contribution in [0, 0.1) is 0 Å². The first-order chi connectivity index (χ1) is 13.7. The van der Waals surface area contributed by atoms with Crippen LogP contribution >= 0.6 is 0 Å². The Morgan fingerprint density at radius 2 is 1.79 bits per heavy atom. The Bertz CT molecular complexity index is 878. The third kappa shape index (κ3) is 3.76. The van der Waals surface area contributed by atoms with Crippen LogP contribution in [0.4, 0.5) is 5.69 Å². The van der Waals surface area contributed by atoms with Gasteiger partial charge in [-0.1, -0.05) is 6.42 Å². The number of hydrogen-bond donors (Lipinski definition) is 0. The smallest absolute Gasteiger partial charge is 0.346 e. The molecule has 0 bridgehead atoms. The van der Waals surface area contributed by atoms with Crippen LogP contribution in [-0.4, -0.2) is 58.4 Å². The number of anilines is 1. The van der Waals surface area contributed by atoms with Gasteiger partial charge in [0.1, 0.15) is 18.1 Å². The Hall–Kier alpha value is -2.77. The van der Waals surface area contributed by atoms with Crippen molar-refractivity contribution in [1.82, 2.24) is 19.2 Å². The van der Waals surface area contributed by atoms with Gasteiger partial charge in [0.05, 0.1) is 7.11 Å². The van der Waals surface area contributed by atoms with E-state index in [-0.39, 0.29) is 18.1 Å². The summed E-state index contributed by atoms with van der Waals surface area (Å²) < 4.78 is 8.29. The maximum absolute atomic E-state index is 12.7. The van der Waals surface area contributed by atoms with Crippen LogP contribution in [0.25, 0.3) is 0 Å². The minimum Gasteiger partial charge on any atom is -0.497 e. The van der Waals surface area contributed by atoms with Crippen LogP contribution in [0.3, 0.4) is 0 Å². The van der Waals surface area contributed by atoms with Crippen molar-refractivity contribution in [3.8, 4) is 5.75 Å². The summed E-state index contributed by atoms with van der Waals surface area (Å²) >= 11 is 0. The molecule has 2 aliphatic rings. The van der Waals surface area contributed by atoms with Crippen LogP contribution in [-0.2, 0) is 24.3 Å². The van der Waals surface area contributed by atoms with Gasteiger partial charge in [0, 0.05) is 44.8 Å². The summed E-state index contributed by atoms with van der Waals surface area (Å²) in [5.41, 5.74) is 0.976. The van der Waals surface area contributed by atoms with Crippen molar-refractivity contribution in [3.05, 3.63) is 40.6 Å². The van der Waals surface area contributed by atoms with Gasteiger partial charge in [-0.15, -0.1) is 0 Å². The number of benzene rings is 1. The summed E-state index contributed by atoms with van der Waals surface area (Å²) in [7, 11) is 1.66. The highest BCUT2D eigenvalue weighted by Crippen LogP contribution is 2.20. The third-order valence-electron chi connectivity index (χ3n) is 5.64. The molecule has 4 rings (SSSR count). The zero-order chi connectivity index (χ0) is 19.5. The lowest BCUT2D eigenvalue weighted by molar-refractivity contribution is -0.132. The van der Waals surface area contributed by atoms with E-state index >= 15 is 0 Å². The van der Waals surface area contributed by atoms with E-state index in [1.165, 1.54) is 4.68 Å². The van der Waals surface area contributed by atoms with Crippen LogP contribution in [0.2, 0.25) is 0 Å². The standard InChI is InChI=1S/C20H27N5O3/c1-28-17-8-6-16(7-9-17)22-11-13-23(14-12-22)19(26)15-25-20(27)24-10-4-2-3-5-18(24)21-25/h6-9H,2-5,10-15H2,1H3. The summed E-state index contributed by atoms with van der Waals surface area (Å²) in [6.45, 7) is 3.57. The fourth-order valence-electron chi connectivity index (χ4n) is 3.96. The molecule has 150 valence electrons. The summed E-state index contributed by atoms with van der Waals surface area (Å²) in [6, 6.07) is 7.96. The lowest BCUT2D eigenvalue weighted by Crippen LogP contribution is -2.50. The highest BCUT2D eigenvalue weighted by atomic mass is 16.5. The number of aryl methyl sites for hydroxylation is 1. The number of piperazine rings is 1. The van der Waals surface area contributed by atoms with Crippen molar-refractivity contribution < 1.29 is 9.53 Å². The molecule has 1 amide bonds. The van der Waals surface area contributed by atoms with Gasteiger partial charge in [-0.2, -0.15) is 5.10 Å². The monoisotopic (exact) mass is 385 g/mol. The molecule has 0 radical (unpaired) electrons. The van der Waals surface area contributed by atoms with Gasteiger partial charge < -0.3 is 14.5 Å². The average Bonchev–Trinajstić information content (AvgIpc) is 2.89. The Balaban J connectivity index is 1.36. The Kier molecular flexibility index (Phi) is 5.36. The summed E-state index contributed by atoms with van der Waals surface area (Å²) in [5.74, 6) is 1.62. The van der Waals surface area contributed by atoms with Crippen LogP contribution in [0.15, 0.2) is 29.1 Å². The predicted octanol–water partition coefficient (Wildman–Crippen LogP) is 1.13. The van der Waals surface area contributed by atoms with E-state index in [0.717, 1.165) is 56.0 Å². The minimum absolute atomic E-state index is 0.0291. The van der Waals surface area contributed by atoms with E-state index < -0.39 is 0 Å². The lowest BCUT2D eigenvalue weighted by atomic mass is 10.2. The van der Waals surface area contributed by atoms with E-state index in [2.05, 4.69) is 10.00 Å². The fraction of sp³-hybridized carbons (Fsp3) is 0.550. The van der Waals surface area contributed by atoms with E-state index in [4.69, 9.17) is 4.74 Å². The molecule has 1 aromatic carbocycles. The molecule has 1 aromatic heterocycles. The normalized spacial score (nSPS) is 17.2. The number of carbonyl (C=O) groups is 1. The second-order valence-electron chi connectivity index (χ2n) is 7.38. The SMILES string of the molecule is COc1ccc(N2CCN(C(=O)Cn3nc4n(c3=O)CCCCC4)CC2)cc1. The molecule has 8 nitrogen and oxygen atoms in total. The Labute approximate surface area is 164 Å². The second-order valence-corrected chi connectivity index (χ2v) is 7.38. The predicted molar refractivity (Wildman–Crippen MR) is 106 cm³/mol. The molecule has 2 aromatic rings. The molecular weight excluding hydrogens is 358 g/mol. The number of ether oxygens (including phenoxy) is 1. The molecule has 0 aliphatic carbocycles. The van der Waals surface area contributed by atoms with E-state index in [0.29, 0.717) is 19.6 Å². The molecule has 8 heteroatoms. The van der Waals surface area contributed by atoms with Crippen molar-refractivity contribution in [2.45, 2.75) is 38.8 Å². The van der Waals surface area contributed by atoms with Crippen molar-refractivity contribution in [3.63, 3.8) is 0 Å². The molecule has 0 N–H and O–H groups in total. The number of rotatable bonds is 4. The quantitative estimate of drug-likeness (QED) is 0.789. The molecule has 28 heavy (non-hydrogen) atoms. The van der Waals surface area contributed by atoms with E-state index in [1.54, 1.807) is 11.7 Å². The molecule has 0 spiro atoms. The number of methoxy groups -OCH3 is 1. The number of carbonyl (C=O) groups excluding carboxylic acids is 1. The number of hydrogen-bond acceptors (Lipinski definition) is 5. The summed E-state index contributed by atoms with van der Waals surface area (Å²) in [6.07, 6.45) is 3.99. The van der Waals surface area contributed by atoms with Gasteiger partial charge >= 0.3 is 5.69 Å². The Morgan fingerprint density at radius 1 is 1.04 bits per heavy atom. The summed E-state index contributed by atoms with van der Waals surface area (Å²) in [4.78, 5) is 29.3. The van der Waals surface area contributed by atoms with Crippen molar-refractivity contribution in [2.75, 3.05) is 38.2 Å². The maximum Gasteiger partial charge on any atom is 0.346 e. The first kappa shape index (κ1) is 18.6. The molecule has 0 unspecified atom stereocenters. The molecular formula is C20H27N5O3. The fourth-order valence-corrected chi connectivity index (χ4v) is 3.96. The molecule has 3 heterocycles. The van der Waals surface area contributed by atoms with Crippen LogP contribution < -0.4 is 15.3 Å². The van der Waals surface area contributed by atoms with Crippen molar-refractivity contribution >= 4 is 11.6 Å². The minimum atomic E-state index is -0.151. The van der Waals surface area contributed by atoms with Gasteiger partial charge in [-0.3, -0.25) is 9.36 Å². The molecule has 0 atom stereocenters. The van der Waals surface area contributed by atoms with Crippen LogP contribution in [0.1, 0.15) is 25.1 Å². The van der Waals surface area contributed by atoms with Crippen molar-refractivity contribution in [2.24, 2.45) is 0 Å². The lowest BCUT2D eigenvalue weighted by Gasteiger charge is -2.36. The molecule has 2 aliphatic heterocycles. The second kappa shape index (κ2) is 8.08. The van der Waals surface area contributed by atoms with Crippen molar-refractivity contribution in [1.29, 1.82) is 0 Å². The van der Waals surface area contributed by atoms with Gasteiger partial charge in [-0.25, -0.2) is 9.48 Å². The number of nitrogens with zero attached hydrogens (tertiary/aromatic N) is 5. The number of fused-ring (bicyclic) bond motifs is 1. The summed E-state index contributed by atoms with van der Waals surface area (Å²) in [5, 5.41) is 4.42. The zero-order valence-electron chi connectivity index (χ0n) is 16.3. The highest BCUT2D eigenvalue weighted by Gasteiger charge is 2.24. The Morgan fingerprint density at radius 3 is 2.50 bits per heavy atom. The number of amides is 1. The first-order valence-corrected chi connectivity index (χ1v) is 9.99. The molecule has 1 saturated heterocycles. The van der Waals surface area contributed by atoms with Gasteiger partial charge in [-0.05, 0) is 37.1 Å². The van der Waals surface area contributed by atoms with Crippen LogP contribution in [0.5, 0.6) is 5.75 Å². The highest BCUT2D eigenvalue weighted by molar-refractivity contribution is 5.76. The van der Waals surface area contributed by atoms with Gasteiger partial charge in [0.25, 0.3) is 0 Å². The third-order valence-corrected chi connectivity index (χ3v) is 5.64. The topological polar surface area (TPSA) is 72.6 Å². The van der Waals surface area contributed by atoms with Gasteiger partial charge in [0.2, 0.25) is 5.91 Å².